The molecular weight excluding hydrogens is 339 g/mol. The van der Waals surface area contributed by atoms with E-state index in [1.165, 1.54) is 12.1 Å². The minimum Gasteiger partial charge on any atom is -0.406 e. The van der Waals surface area contributed by atoms with Gasteiger partial charge in [0.2, 0.25) is 0 Å². The lowest BCUT2D eigenvalue weighted by Gasteiger charge is -2.29. The molecule has 6 nitrogen and oxygen atoms in total. The summed E-state index contributed by atoms with van der Waals surface area (Å²) in [6, 6.07) is 3.88. The number of hydrogen-bond donors (Lipinski definition) is 4. The molecular formula is C13H17ClF3N3O3. The van der Waals surface area contributed by atoms with Gasteiger partial charge in [-0.2, -0.15) is 0 Å². The van der Waals surface area contributed by atoms with Crippen molar-refractivity contribution in [1.29, 1.82) is 0 Å². The van der Waals surface area contributed by atoms with Crippen LogP contribution in [0.1, 0.15) is 6.42 Å². The van der Waals surface area contributed by atoms with E-state index in [2.05, 4.69) is 20.7 Å². The first-order chi connectivity index (χ1) is 10.3. The predicted octanol–water partition coefficient (Wildman–Crippen LogP) is 1.85. The molecule has 2 amide bonds. The molecule has 0 spiro atoms. The average Bonchev–Trinajstić information content (AvgIpc) is 2.40. The van der Waals surface area contributed by atoms with Gasteiger partial charge >= 0.3 is 12.4 Å². The summed E-state index contributed by atoms with van der Waals surface area (Å²) in [5.74, 6) is -0.426. The maximum atomic E-state index is 12.1. The van der Waals surface area contributed by atoms with Crippen LogP contribution in [0.25, 0.3) is 0 Å². The van der Waals surface area contributed by atoms with Gasteiger partial charge in [0.15, 0.2) is 0 Å². The van der Waals surface area contributed by atoms with Crippen molar-refractivity contribution in [2.75, 3.05) is 18.4 Å². The molecule has 23 heavy (non-hydrogen) atoms. The number of ether oxygens (including phenoxy) is 1. The number of carbonyl (C=O) groups excluding carboxylic acids is 1. The summed E-state index contributed by atoms with van der Waals surface area (Å²) in [7, 11) is 0. The maximum absolute atomic E-state index is 12.1. The fraction of sp³-hybridized carbons (Fsp3) is 0.462. The van der Waals surface area contributed by atoms with Gasteiger partial charge < -0.3 is 25.8 Å². The Balaban J connectivity index is 0.00000264. The quantitative estimate of drug-likeness (QED) is 0.667. The Morgan fingerprint density at radius 2 is 2.13 bits per heavy atom. The van der Waals surface area contributed by atoms with Gasteiger partial charge in [-0.25, -0.2) is 4.79 Å². The molecule has 1 heterocycles. The number of halogens is 4. The Labute approximate surface area is 136 Å². The van der Waals surface area contributed by atoms with E-state index in [0.717, 1.165) is 12.1 Å². The highest BCUT2D eigenvalue weighted by Gasteiger charge is 2.31. The van der Waals surface area contributed by atoms with E-state index in [1.54, 1.807) is 0 Å². The second kappa shape index (κ2) is 8.23. The Hall–Kier alpha value is -1.71. The number of rotatable bonds is 3. The lowest BCUT2D eigenvalue weighted by molar-refractivity contribution is -0.274. The Bertz CT molecular complexity index is 531. The molecule has 1 aliphatic heterocycles. The molecule has 1 saturated heterocycles. The number of alkyl halides is 3. The van der Waals surface area contributed by atoms with Gasteiger partial charge in [0, 0.05) is 18.3 Å². The average molecular weight is 356 g/mol. The van der Waals surface area contributed by atoms with E-state index in [9.17, 15) is 23.1 Å². The van der Waals surface area contributed by atoms with Crippen LogP contribution in [0.2, 0.25) is 0 Å². The number of aliphatic hydroxyl groups is 1. The molecule has 0 bridgehead atoms. The maximum Gasteiger partial charge on any atom is 0.573 e. The number of aliphatic hydroxyl groups excluding tert-OH is 1. The standard InChI is InChI=1S/C13H16F3N3O3.ClH/c14-13(15,16)22-9-3-1-2-8(6-9)18-12(21)19-10-7-17-5-4-11(10)20;/h1-3,6,10-11,17,20H,4-5,7H2,(H2,18,19,21);1H/t10-,11-;/m1./s1. The van der Waals surface area contributed by atoms with E-state index in [1.807, 2.05) is 0 Å². The molecule has 1 aromatic rings. The first-order valence-corrected chi connectivity index (χ1v) is 6.65. The third-order valence-corrected chi connectivity index (χ3v) is 3.09. The van der Waals surface area contributed by atoms with Crippen molar-refractivity contribution < 1.29 is 27.8 Å². The van der Waals surface area contributed by atoms with Crippen molar-refractivity contribution in [2.24, 2.45) is 0 Å². The van der Waals surface area contributed by atoms with Crippen LogP contribution in [0.4, 0.5) is 23.7 Å². The molecule has 4 N–H and O–H groups in total. The second-order valence-corrected chi connectivity index (χ2v) is 4.84. The molecule has 1 aliphatic rings. The number of urea groups is 1. The Kier molecular flexibility index (Phi) is 6.92. The zero-order chi connectivity index (χ0) is 16.2. The minimum absolute atomic E-state index is 0. The summed E-state index contributed by atoms with van der Waals surface area (Å²) in [4.78, 5) is 11.8. The van der Waals surface area contributed by atoms with Crippen LogP contribution < -0.4 is 20.7 Å². The third-order valence-electron chi connectivity index (χ3n) is 3.09. The van der Waals surface area contributed by atoms with Crippen LogP contribution in [0.5, 0.6) is 5.75 Å². The smallest absolute Gasteiger partial charge is 0.406 e. The number of carbonyl (C=O) groups is 1. The van der Waals surface area contributed by atoms with E-state index < -0.39 is 30.3 Å². The highest BCUT2D eigenvalue weighted by atomic mass is 35.5. The van der Waals surface area contributed by atoms with Gasteiger partial charge in [0.05, 0.1) is 12.1 Å². The molecule has 2 atom stereocenters. The molecule has 2 rings (SSSR count). The molecule has 1 fully saturated rings. The van der Waals surface area contributed by atoms with Gasteiger partial charge in [0.1, 0.15) is 5.75 Å². The highest BCUT2D eigenvalue weighted by molar-refractivity contribution is 5.89. The molecule has 0 aliphatic carbocycles. The van der Waals surface area contributed by atoms with Crippen LogP contribution in [0.3, 0.4) is 0 Å². The van der Waals surface area contributed by atoms with Gasteiger partial charge in [-0.1, -0.05) is 6.07 Å². The summed E-state index contributed by atoms with van der Waals surface area (Å²) < 4.78 is 40.2. The van der Waals surface area contributed by atoms with Gasteiger partial charge in [-0.3, -0.25) is 0 Å². The predicted molar refractivity (Wildman–Crippen MR) is 79.8 cm³/mol. The van der Waals surface area contributed by atoms with E-state index in [4.69, 9.17) is 0 Å². The molecule has 0 radical (unpaired) electrons. The molecule has 0 saturated carbocycles. The van der Waals surface area contributed by atoms with Crippen molar-refractivity contribution in [3.8, 4) is 5.75 Å². The van der Waals surface area contributed by atoms with Crippen molar-refractivity contribution >= 4 is 24.1 Å². The lowest BCUT2D eigenvalue weighted by Crippen LogP contribution is -2.54. The van der Waals surface area contributed by atoms with Crippen LogP contribution in [0.15, 0.2) is 24.3 Å². The van der Waals surface area contributed by atoms with Crippen LogP contribution in [-0.4, -0.2) is 42.7 Å². The fourth-order valence-electron chi connectivity index (χ4n) is 2.10. The van der Waals surface area contributed by atoms with E-state index in [0.29, 0.717) is 19.5 Å². The molecule has 10 heteroatoms. The summed E-state index contributed by atoms with van der Waals surface area (Å²) in [6.45, 7) is 1.09. The van der Waals surface area contributed by atoms with Gasteiger partial charge in [-0.05, 0) is 25.1 Å². The SMILES string of the molecule is Cl.O=C(Nc1cccc(OC(F)(F)F)c1)N[C@@H]1CNCC[C@H]1O. The van der Waals surface area contributed by atoms with Gasteiger partial charge in [0.25, 0.3) is 0 Å². The van der Waals surface area contributed by atoms with Gasteiger partial charge in [-0.15, -0.1) is 25.6 Å². The highest BCUT2D eigenvalue weighted by Crippen LogP contribution is 2.24. The van der Waals surface area contributed by atoms with Crippen LogP contribution in [-0.2, 0) is 0 Å². The number of hydrogen-bond acceptors (Lipinski definition) is 4. The summed E-state index contributed by atoms with van der Waals surface area (Å²) in [5, 5.41) is 17.7. The zero-order valence-corrected chi connectivity index (χ0v) is 12.7. The molecule has 130 valence electrons. The van der Waals surface area contributed by atoms with Crippen LogP contribution in [0, 0.1) is 0 Å². The number of anilines is 1. The van der Waals surface area contributed by atoms with Crippen molar-refractivity contribution in [1.82, 2.24) is 10.6 Å². The summed E-state index contributed by atoms with van der Waals surface area (Å²) in [5.41, 5.74) is 0.150. The number of piperidine rings is 1. The Morgan fingerprint density at radius 3 is 2.78 bits per heavy atom. The fourth-order valence-corrected chi connectivity index (χ4v) is 2.10. The summed E-state index contributed by atoms with van der Waals surface area (Å²) >= 11 is 0. The first kappa shape index (κ1) is 19.3. The topological polar surface area (TPSA) is 82.6 Å². The normalized spacial score (nSPS) is 21.0. The first-order valence-electron chi connectivity index (χ1n) is 6.65. The van der Waals surface area contributed by atoms with E-state index in [-0.39, 0.29) is 18.1 Å². The number of benzene rings is 1. The van der Waals surface area contributed by atoms with Crippen LogP contribution >= 0.6 is 12.4 Å². The monoisotopic (exact) mass is 355 g/mol. The Morgan fingerprint density at radius 1 is 1.39 bits per heavy atom. The second-order valence-electron chi connectivity index (χ2n) is 4.84. The minimum atomic E-state index is -4.79. The molecule has 0 aromatic heterocycles. The van der Waals surface area contributed by atoms with Crippen molar-refractivity contribution in [2.45, 2.75) is 24.9 Å². The summed E-state index contributed by atoms with van der Waals surface area (Å²) in [6.07, 6.45) is -4.94. The lowest BCUT2D eigenvalue weighted by atomic mass is 10.0. The van der Waals surface area contributed by atoms with E-state index >= 15 is 0 Å². The van der Waals surface area contributed by atoms with Crippen molar-refractivity contribution in [3.05, 3.63) is 24.3 Å². The van der Waals surface area contributed by atoms with Crippen molar-refractivity contribution in [3.63, 3.8) is 0 Å². The third kappa shape index (κ3) is 6.51. The largest absolute Gasteiger partial charge is 0.573 e. The molecule has 1 aromatic carbocycles. The zero-order valence-electron chi connectivity index (χ0n) is 11.9. The number of nitrogens with one attached hydrogen (secondary N) is 3. The number of amides is 2. The molecule has 0 unspecified atom stereocenters.